The molecule has 1 spiro atoms. The van der Waals surface area contributed by atoms with E-state index in [1.54, 1.807) is 0 Å². The van der Waals surface area contributed by atoms with Gasteiger partial charge in [0.2, 0.25) is 0 Å². The fourth-order valence-corrected chi connectivity index (χ4v) is 3.03. The van der Waals surface area contributed by atoms with Gasteiger partial charge in [-0.1, -0.05) is 19.8 Å². The largest absolute Gasteiger partial charge is 0.381 e. The van der Waals surface area contributed by atoms with Crippen molar-refractivity contribution in [2.75, 3.05) is 13.2 Å². The topological polar surface area (TPSA) is 9.23 Å². The van der Waals surface area contributed by atoms with Gasteiger partial charge >= 0.3 is 0 Å². The van der Waals surface area contributed by atoms with E-state index in [0.29, 0.717) is 5.41 Å². The summed E-state index contributed by atoms with van der Waals surface area (Å²) < 4.78 is 5.43. The molecule has 1 atom stereocenters. The summed E-state index contributed by atoms with van der Waals surface area (Å²) in [6, 6.07) is 0. The molecular formula is C11H20O. The van der Waals surface area contributed by atoms with Gasteiger partial charge in [-0.05, 0) is 37.0 Å². The lowest BCUT2D eigenvalue weighted by molar-refractivity contribution is -0.0151. The van der Waals surface area contributed by atoms with Crippen molar-refractivity contribution in [2.45, 2.75) is 45.4 Å². The third kappa shape index (κ3) is 1.66. The standard InChI is InChI=1S/C11H20O/c1-10-3-2-4-11(9-10)5-7-12-8-6-11/h10H,2-9H2,1H3. The van der Waals surface area contributed by atoms with Crippen molar-refractivity contribution in [1.29, 1.82) is 0 Å². The average molecular weight is 168 g/mol. The SMILES string of the molecule is CC1CCCC2(CCOCC2)C1. The van der Waals surface area contributed by atoms with Crippen LogP contribution in [0.15, 0.2) is 0 Å². The molecule has 0 aromatic rings. The van der Waals surface area contributed by atoms with E-state index >= 15 is 0 Å². The maximum Gasteiger partial charge on any atom is 0.0471 e. The Kier molecular flexibility index (Phi) is 2.40. The minimum atomic E-state index is 0.704. The van der Waals surface area contributed by atoms with Crippen molar-refractivity contribution in [3.05, 3.63) is 0 Å². The van der Waals surface area contributed by atoms with Crippen LogP contribution in [0.5, 0.6) is 0 Å². The third-order valence-electron chi connectivity index (χ3n) is 3.74. The summed E-state index contributed by atoms with van der Waals surface area (Å²) in [5.74, 6) is 0.969. The summed E-state index contributed by atoms with van der Waals surface area (Å²) in [6.07, 6.45) is 8.52. The monoisotopic (exact) mass is 168 g/mol. The van der Waals surface area contributed by atoms with Crippen molar-refractivity contribution in [2.24, 2.45) is 11.3 Å². The summed E-state index contributed by atoms with van der Waals surface area (Å²) in [6.45, 7) is 4.45. The molecule has 2 aliphatic rings. The van der Waals surface area contributed by atoms with Crippen LogP contribution < -0.4 is 0 Å². The predicted molar refractivity (Wildman–Crippen MR) is 50.1 cm³/mol. The molecule has 1 heteroatoms. The van der Waals surface area contributed by atoms with Gasteiger partial charge in [0, 0.05) is 13.2 Å². The molecule has 1 unspecified atom stereocenters. The molecule has 0 aromatic heterocycles. The Hall–Kier alpha value is -0.0400. The normalized spacial score (nSPS) is 35.2. The van der Waals surface area contributed by atoms with Crippen molar-refractivity contribution in [3.8, 4) is 0 Å². The van der Waals surface area contributed by atoms with Gasteiger partial charge in [0.05, 0.1) is 0 Å². The van der Waals surface area contributed by atoms with Crippen molar-refractivity contribution in [1.82, 2.24) is 0 Å². The van der Waals surface area contributed by atoms with Gasteiger partial charge in [-0.25, -0.2) is 0 Å². The van der Waals surface area contributed by atoms with Crippen LogP contribution in [-0.2, 0) is 4.74 Å². The van der Waals surface area contributed by atoms with Crippen LogP contribution in [-0.4, -0.2) is 13.2 Å². The second kappa shape index (κ2) is 3.37. The molecule has 1 aliphatic heterocycles. The molecule has 0 bridgehead atoms. The Labute approximate surface area is 75.5 Å². The first-order chi connectivity index (χ1) is 5.81. The highest BCUT2D eigenvalue weighted by atomic mass is 16.5. The second-order valence-electron chi connectivity index (χ2n) is 4.81. The molecule has 2 rings (SSSR count). The lowest BCUT2D eigenvalue weighted by atomic mass is 9.66. The van der Waals surface area contributed by atoms with Gasteiger partial charge in [-0.15, -0.1) is 0 Å². The van der Waals surface area contributed by atoms with Crippen LogP contribution in [0.25, 0.3) is 0 Å². The highest BCUT2D eigenvalue weighted by molar-refractivity contribution is 4.86. The minimum absolute atomic E-state index is 0.704. The quantitative estimate of drug-likeness (QED) is 0.540. The molecule has 70 valence electrons. The fourth-order valence-electron chi connectivity index (χ4n) is 3.03. The molecule has 2 fully saturated rings. The second-order valence-corrected chi connectivity index (χ2v) is 4.81. The first kappa shape index (κ1) is 8.55. The maximum absolute atomic E-state index is 5.43. The van der Waals surface area contributed by atoms with E-state index in [1.165, 1.54) is 38.5 Å². The molecule has 0 aromatic carbocycles. The molecule has 1 saturated carbocycles. The first-order valence-electron chi connectivity index (χ1n) is 5.39. The zero-order valence-electron chi connectivity index (χ0n) is 8.14. The summed E-state index contributed by atoms with van der Waals surface area (Å²) in [5.41, 5.74) is 0.704. The molecule has 0 radical (unpaired) electrons. The van der Waals surface area contributed by atoms with Crippen LogP contribution >= 0.6 is 0 Å². The minimum Gasteiger partial charge on any atom is -0.381 e. The van der Waals surface area contributed by atoms with Gasteiger partial charge in [0.25, 0.3) is 0 Å². The first-order valence-corrected chi connectivity index (χ1v) is 5.39. The van der Waals surface area contributed by atoms with E-state index in [1.807, 2.05) is 0 Å². The molecule has 1 aliphatic carbocycles. The van der Waals surface area contributed by atoms with E-state index in [9.17, 15) is 0 Å². The van der Waals surface area contributed by atoms with Gasteiger partial charge in [0.1, 0.15) is 0 Å². The Balaban J connectivity index is 1.97. The predicted octanol–water partition coefficient (Wildman–Crippen LogP) is 2.99. The molecule has 1 saturated heterocycles. The average Bonchev–Trinajstić information content (AvgIpc) is 2.05. The smallest absolute Gasteiger partial charge is 0.0471 e. The van der Waals surface area contributed by atoms with Gasteiger partial charge < -0.3 is 4.74 Å². The highest BCUT2D eigenvalue weighted by Crippen LogP contribution is 2.45. The Morgan fingerprint density at radius 2 is 1.92 bits per heavy atom. The van der Waals surface area contributed by atoms with E-state index in [-0.39, 0.29) is 0 Å². The lowest BCUT2D eigenvalue weighted by Gasteiger charge is -2.42. The third-order valence-corrected chi connectivity index (χ3v) is 3.74. The van der Waals surface area contributed by atoms with Crippen LogP contribution in [0.3, 0.4) is 0 Å². The van der Waals surface area contributed by atoms with Crippen molar-refractivity contribution < 1.29 is 4.74 Å². The molecule has 1 nitrogen and oxygen atoms in total. The zero-order chi connectivity index (χ0) is 8.44. The number of rotatable bonds is 0. The molecule has 0 N–H and O–H groups in total. The Morgan fingerprint density at radius 1 is 1.17 bits per heavy atom. The summed E-state index contributed by atoms with van der Waals surface area (Å²) in [5, 5.41) is 0. The summed E-state index contributed by atoms with van der Waals surface area (Å²) >= 11 is 0. The number of hydrogen-bond acceptors (Lipinski definition) is 1. The zero-order valence-corrected chi connectivity index (χ0v) is 8.14. The lowest BCUT2D eigenvalue weighted by Crippen LogP contribution is -2.33. The van der Waals surface area contributed by atoms with Crippen molar-refractivity contribution >= 4 is 0 Å². The van der Waals surface area contributed by atoms with E-state index in [4.69, 9.17) is 4.74 Å². The summed E-state index contributed by atoms with van der Waals surface area (Å²) in [4.78, 5) is 0. The van der Waals surface area contributed by atoms with Gasteiger partial charge in [0.15, 0.2) is 0 Å². The number of ether oxygens (including phenoxy) is 1. The Morgan fingerprint density at radius 3 is 2.58 bits per heavy atom. The molecule has 1 heterocycles. The van der Waals surface area contributed by atoms with Crippen LogP contribution in [0, 0.1) is 11.3 Å². The summed E-state index contributed by atoms with van der Waals surface area (Å²) in [7, 11) is 0. The number of hydrogen-bond donors (Lipinski definition) is 0. The van der Waals surface area contributed by atoms with Gasteiger partial charge in [-0.3, -0.25) is 0 Å². The van der Waals surface area contributed by atoms with Crippen molar-refractivity contribution in [3.63, 3.8) is 0 Å². The van der Waals surface area contributed by atoms with Gasteiger partial charge in [-0.2, -0.15) is 0 Å². The molecule has 0 amide bonds. The Bertz CT molecular complexity index is 142. The van der Waals surface area contributed by atoms with Crippen LogP contribution in [0.2, 0.25) is 0 Å². The van der Waals surface area contributed by atoms with Crippen LogP contribution in [0.1, 0.15) is 45.4 Å². The molecule has 12 heavy (non-hydrogen) atoms. The molecular weight excluding hydrogens is 148 g/mol. The van der Waals surface area contributed by atoms with E-state index in [0.717, 1.165) is 19.1 Å². The maximum atomic E-state index is 5.43. The van der Waals surface area contributed by atoms with Crippen LogP contribution in [0.4, 0.5) is 0 Å². The highest BCUT2D eigenvalue weighted by Gasteiger charge is 2.35. The van der Waals surface area contributed by atoms with E-state index < -0.39 is 0 Å². The van der Waals surface area contributed by atoms with E-state index in [2.05, 4.69) is 6.92 Å². The fraction of sp³-hybridized carbons (Fsp3) is 1.00.